The smallest absolute Gasteiger partial charge is 0.141 e. The van der Waals surface area contributed by atoms with Gasteiger partial charge in [-0.2, -0.15) is 0 Å². The van der Waals surface area contributed by atoms with Gasteiger partial charge in [0.25, 0.3) is 0 Å². The molecule has 1 heterocycles. The summed E-state index contributed by atoms with van der Waals surface area (Å²) in [5.41, 5.74) is 8.12. The maximum Gasteiger partial charge on any atom is 0.141 e. The number of aromatic nitrogens is 2. The molecular weight excluding hydrogens is 382 g/mol. The van der Waals surface area contributed by atoms with Crippen LogP contribution in [0.1, 0.15) is 30.9 Å². The van der Waals surface area contributed by atoms with Crippen LogP contribution in [0, 0.1) is 5.92 Å². The van der Waals surface area contributed by atoms with Crippen molar-refractivity contribution in [2.45, 2.75) is 26.7 Å². The second kappa shape index (κ2) is 6.68. The number of nitrogen functional groups attached to an aromatic ring is 1. The minimum atomic E-state index is 0.512. The fraction of sp³-hybridized carbons (Fsp3) is 0.333. The molecule has 0 atom stereocenters. The fourth-order valence-corrected chi connectivity index (χ4v) is 2.74. The summed E-state index contributed by atoms with van der Waals surface area (Å²) in [6.45, 7) is 4.33. The normalized spacial score (nSPS) is 11.1. The number of nitrogens with zero attached hydrogens (tertiary/aromatic N) is 2. The Labute approximate surface area is 136 Å². The first-order valence-electron chi connectivity index (χ1n) is 6.51. The highest BCUT2D eigenvalue weighted by molar-refractivity contribution is 9.11. The van der Waals surface area contributed by atoms with Gasteiger partial charge >= 0.3 is 0 Å². The van der Waals surface area contributed by atoms with Crippen molar-refractivity contribution in [2.75, 3.05) is 5.73 Å². The van der Waals surface area contributed by atoms with Crippen LogP contribution in [0.5, 0.6) is 0 Å². The molecule has 1 aromatic heterocycles. The van der Waals surface area contributed by atoms with Gasteiger partial charge in [-0.15, -0.1) is 0 Å². The summed E-state index contributed by atoms with van der Waals surface area (Å²) in [4.78, 5) is 9.03. The quantitative estimate of drug-likeness (QED) is 0.831. The molecule has 0 aliphatic heterocycles. The molecule has 0 amide bonds. The van der Waals surface area contributed by atoms with Crippen molar-refractivity contribution >= 4 is 37.7 Å². The van der Waals surface area contributed by atoms with E-state index in [1.807, 2.05) is 18.2 Å². The van der Waals surface area contributed by atoms with Crippen LogP contribution in [0.2, 0.25) is 0 Å². The number of hydrogen-bond acceptors (Lipinski definition) is 3. The van der Waals surface area contributed by atoms with Gasteiger partial charge in [0.1, 0.15) is 11.6 Å². The second-order valence-corrected chi connectivity index (χ2v) is 6.80. The van der Waals surface area contributed by atoms with Gasteiger partial charge < -0.3 is 5.73 Å². The minimum Gasteiger partial charge on any atom is -0.383 e. The Morgan fingerprint density at radius 3 is 2.50 bits per heavy atom. The van der Waals surface area contributed by atoms with Crippen LogP contribution in [0.4, 0.5) is 5.82 Å². The molecular formula is C15H17Br2N3. The number of anilines is 1. The Morgan fingerprint density at radius 1 is 1.15 bits per heavy atom. The average molecular weight is 399 g/mol. The molecule has 0 unspecified atom stereocenters. The van der Waals surface area contributed by atoms with Gasteiger partial charge in [-0.1, -0.05) is 48.0 Å². The van der Waals surface area contributed by atoms with Crippen molar-refractivity contribution in [3.05, 3.63) is 50.3 Å². The van der Waals surface area contributed by atoms with Gasteiger partial charge in [-0.05, 0) is 39.9 Å². The van der Waals surface area contributed by atoms with Crippen LogP contribution in [0.25, 0.3) is 0 Å². The number of rotatable bonds is 4. The molecule has 0 saturated heterocycles. The Morgan fingerprint density at radius 2 is 1.85 bits per heavy atom. The topological polar surface area (TPSA) is 51.8 Å². The van der Waals surface area contributed by atoms with Crippen molar-refractivity contribution in [2.24, 2.45) is 5.92 Å². The SMILES string of the molecule is CC(C)Cc1nc(Cc2ccccc2Br)nc(N)c1Br. The lowest BCUT2D eigenvalue weighted by Gasteiger charge is -2.11. The number of hydrogen-bond donors (Lipinski definition) is 1. The largest absolute Gasteiger partial charge is 0.383 e. The predicted octanol–water partition coefficient (Wildman–Crippen LogP) is 4.37. The van der Waals surface area contributed by atoms with E-state index in [0.717, 1.165) is 32.4 Å². The first kappa shape index (κ1) is 15.4. The van der Waals surface area contributed by atoms with Crippen LogP contribution in [0.3, 0.4) is 0 Å². The summed E-state index contributed by atoms with van der Waals surface area (Å²) in [6.07, 6.45) is 1.56. The van der Waals surface area contributed by atoms with Gasteiger partial charge in [-0.25, -0.2) is 9.97 Å². The molecule has 0 radical (unpaired) electrons. The molecule has 0 aliphatic carbocycles. The van der Waals surface area contributed by atoms with Gasteiger partial charge in [0.05, 0.1) is 10.2 Å². The van der Waals surface area contributed by atoms with E-state index in [2.05, 4.69) is 61.7 Å². The summed E-state index contributed by atoms with van der Waals surface area (Å²) in [5.74, 6) is 1.79. The van der Waals surface area contributed by atoms with Crippen LogP contribution in [-0.2, 0) is 12.8 Å². The van der Waals surface area contributed by atoms with E-state index in [1.165, 1.54) is 0 Å². The lowest BCUT2D eigenvalue weighted by molar-refractivity contribution is 0.629. The molecule has 5 heteroatoms. The molecule has 106 valence electrons. The molecule has 2 N–H and O–H groups in total. The molecule has 20 heavy (non-hydrogen) atoms. The first-order valence-corrected chi connectivity index (χ1v) is 8.10. The Kier molecular flexibility index (Phi) is 5.16. The Hall–Kier alpha value is -0.940. The van der Waals surface area contributed by atoms with E-state index < -0.39 is 0 Å². The third-order valence-electron chi connectivity index (χ3n) is 2.90. The maximum absolute atomic E-state index is 5.98. The van der Waals surface area contributed by atoms with Gasteiger partial charge in [0, 0.05) is 10.9 Å². The third-order valence-corrected chi connectivity index (χ3v) is 4.54. The Bertz CT molecular complexity index is 612. The highest BCUT2D eigenvalue weighted by Crippen LogP contribution is 2.25. The van der Waals surface area contributed by atoms with E-state index in [-0.39, 0.29) is 0 Å². The highest BCUT2D eigenvalue weighted by Gasteiger charge is 2.12. The van der Waals surface area contributed by atoms with E-state index >= 15 is 0 Å². The maximum atomic E-state index is 5.98. The lowest BCUT2D eigenvalue weighted by Crippen LogP contribution is -2.08. The van der Waals surface area contributed by atoms with Crippen molar-refractivity contribution < 1.29 is 0 Å². The van der Waals surface area contributed by atoms with E-state index in [4.69, 9.17) is 5.73 Å². The molecule has 0 fully saturated rings. The van der Waals surface area contributed by atoms with Gasteiger partial charge in [0.15, 0.2) is 0 Å². The summed E-state index contributed by atoms with van der Waals surface area (Å²) in [5, 5.41) is 0. The fourth-order valence-electron chi connectivity index (χ4n) is 1.98. The molecule has 2 rings (SSSR count). The summed E-state index contributed by atoms with van der Waals surface area (Å²) >= 11 is 7.03. The monoisotopic (exact) mass is 397 g/mol. The van der Waals surface area contributed by atoms with E-state index in [9.17, 15) is 0 Å². The number of halogens is 2. The molecule has 3 nitrogen and oxygen atoms in total. The Balaban J connectivity index is 2.33. The van der Waals surface area contributed by atoms with Crippen molar-refractivity contribution in [1.29, 1.82) is 0 Å². The number of benzene rings is 1. The molecule has 0 saturated carbocycles. The summed E-state index contributed by atoms with van der Waals surface area (Å²) < 4.78 is 1.89. The highest BCUT2D eigenvalue weighted by atomic mass is 79.9. The summed E-state index contributed by atoms with van der Waals surface area (Å²) in [7, 11) is 0. The predicted molar refractivity (Wildman–Crippen MR) is 89.6 cm³/mol. The van der Waals surface area contributed by atoms with Crippen molar-refractivity contribution in [1.82, 2.24) is 9.97 Å². The lowest BCUT2D eigenvalue weighted by atomic mass is 10.1. The summed E-state index contributed by atoms with van der Waals surface area (Å²) in [6, 6.07) is 8.09. The van der Waals surface area contributed by atoms with E-state index in [0.29, 0.717) is 18.2 Å². The third kappa shape index (κ3) is 3.79. The average Bonchev–Trinajstić information content (AvgIpc) is 2.37. The van der Waals surface area contributed by atoms with Crippen molar-refractivity contribution in [3.8, 4) is 0 Å². The van der Waals surface area contributed by atoms with Crippen LogP contribution in [0.15, 0.2) is 33.2 Å². The minimum absolute atomic E-state index is 0.512. The zero-order valence-electron chi connectivity index (χ0n) is 11.5. The van der Waals surface area contributed by atoms with Crippen LogP contribution in [-0.4, -0.2) is 9.97 Å². The second-order valence-electron chi connectivity index (χ2n) is 5.15. The standard InChI is InChI=1S/C15H17Br2N3/c1-9(2)7-12-14(17)15(18)20-13(19-12)8-10-5-3-4-6-11(10)16/h3-6,9H,7-8H2,1-2H3,(H2,18,19,20). The molecule has 0 aliphatic rings. The number of nitrogens with two attached hydrogens (primary N) is 1. The molecule has 1 aromatic carbocycles. The van der Waals surface area contributed by atoms with Crippen molar-refractivity contribution in [3.63, 3.8) is 0 Å². The van der Waals surface area contributed by atoms with Crippen LogP contribution >= 0.6 is 31.9 Å². The molecule has 0 spiro atoms. The van der Waals surface area contributed by atoms with Gasteiger partial charge in [0.2, 0.25) is 0 Å². The zero-order valence-corrected chi connectivity index (χ0v) is 14.7. The van der Waals surface area contributed by atoms with Crippen LogP contribution < -0.4 is 5.73 Å². The van der Waals surface area contributed by atoms with Gasteiger partial charge in [-0.3, -0.25) is 0 Å². The molecule has 2 aromatic rings. The molecule has 0 bridgehead atoms. The van der Waals surface area contributed by atoms with E-state index in [1.54, 1.807) is 0 Å². The zero-order chi connectivity index (χ0) is 14.7. The first-order chi connectivity index (χ1) is 9.47.